The van der Waals surface area contributed by atoms with E-state index >= 15 is 0 Å². The fraction of sp³-hybridized carbons (Fsp3) is 0. The van der Waals surface area contributed by atoms with Crippen LogP contribution in [0, 0.1) is 11.3 Å². The van der Waals surface area contributed by atoms with Gasteiger partial charge in [0.15, 0.2) is 7.08 Å². The molecule has 0 spiro atoms. The van der Waals surface area contributed by atoms with Crippen LogP contribution >= 0.6 is 0 Å². The predicted octanol–water partition coefficient (Wildman–Crippen LogP) is 1.09. The third kappa shape index (κ3) is 2.42. The van der Waals surface area contributed by atoms with Gasteiger partial charge in [0.1, 0.15) is 6.07 Å². The van der Waals surface area contributed by atoms with Crippen molar-refractivity contribution in [3.8, 4) is 6.07 Å². The molecule has 4 nitrogen and oxygen atoms in total. The van der Waals surface area contributed by atoms with Gasteiger partial charge >= 0.3 is 6.45 Å². The fourth-order valence-electron chi connectivity index (χ4n) is 0.798. The van der Waals surface area contributed by atoms with Crippen LogP contribution in [0.15, 0.2) is 35.5 Å². The van der Waals surface area contributed by atoms with Gasteiger partial charge in [-0.25, -0.2) is 0 Å². The van der Waals surface area contributed by atoms with Crippen LogP contribution in [-0.2, 0) is 9.63 Å². The van der Waals surface area contributed by atoms with E-state index in [1.54, 1.807) is 36.4 Å². The van der Waals surface area contributed by atoms with E-state index in [1.807, 2.05) is 0 Å². The lowest BCUT2D eigenvalue weighted by Gasteiger charge is -1.93. The summed E-state index contributed by atoms with van der Waals surface area (Å²) in [6.07, 6.45) is -1.30. The lowest BCUT2D eigenvalue weighted by atomic mass is 10.1. The molecule has 0 unspecified atom stereocenters. The first kappa shape index (κ1) is 7.50. The maximum atomic E-state index is 10.1. The minimum atomic E-state index is -1.30. The number of rotatable bonds is 2. The number of hydrogen-bond acceptors (Lipinski definition) is 4. The second kappa shape index (κ2) is 4.67. The van der Waals surface area contributed by atoms with Gasteiger partial charge in [0.25, 0.3) is 0 Å². The largest absolute Gasteiger partial charge is 0.323 e. The Morgan fingerprint density at radius 2 is 2.31 bits per heavy atom. The monoisotopic (exact) mass is 175 g/mol. The Hall–Kier alpha value is -2.15. The number of carbonyl (C=O) groups excluding carboxylic acids is 1. The molecule has 0 saturated heterocycles. The van der Waals surface area contributed by atoms with Gasteiger partial charge in [0.05, 0.1) is 0 Å². The van der Waals surface area contributed by atoms with Gasteiger partial charge in [-0.2, -0.15) is 5.26 Å². The van der Waals surface area contributed by atoms with Crippen molar-refractivity contribution in [1.29, 1.82) is 5.26 Å². The van der Waals surface area contributed by atoms with Crippen LogP contribution in [0.3, 0.4) is 0 Å². The van der Waals surface area contributed by atoms with Crippen molar-refractivity contribution in [2.24, 2.45) is 5.16 Å². The van der Waals surface area contributed by atoms with Crippen molar-refractivity contribution in [2.75, 3.05) is 0 Å². The molecule has 4 heteroatoms. The zero-order valence-electron chi connectivity index (χ0n) is 7.60. The summed E-state index contributed by atoms with van der Waals surface area (Å²) in [4.78, 5) is 14.2. The third-order valence-corrected chi connectivity index (χ3v) is 1.33. The first-order valence-corrected chi connectivity index (χ1v) is 3.45. The molecule has 0 N–H and O–H groups in total. The van der Waals surface area contributed by atoms with E-state index in [0.29, 0.717) is 5.56 Å². The zero-order chi connectivity index (χ0) is 10.4. The molecule has 0 aliphatic heterocycles. The van der Waals surface area contributed by atoms with E-state index in [0.717, 1.165) is 0 Å². The molecule has 1 aromatic rings. The molecule has 0 radical (unpaired) electrons. The lowest BCUT2D eigenvalue weighted by Crippen LogP contribution is -1.97. The van der Waals surface area contributed by atoms with Crippen LogP contribution in [0.2, 0.25) is 0 Å². The van der Waals surface area contributed by atoms with Crippen LogP contribution in [-0.4, -0.2) is 12.2 Å². The smallest absolute Gasteiger partial charge is 0.320 e. The van der Waals surface area contributed by atoms with Crippen molar-refractivity contribution in [2.45, 2.75) is 0 Å². The van der Waals surface area contributed by atoms with Crippen molar-refractivity contribution >= 4 is 12.2 Å². The van der Waals surface area contributed by atoms with E-state index in [4.69, 9.17) is 6.63 Å². The number of oxime groups is 1. The molecular formula is C9H6N2O2. The molecule has 13 heavy (non-hydrogen) atoms. The molecule has 0 fully saturated rings. The second-order valence-corrected chi connectivity index (χ2v) is 2.09. The van der Waals surface area contributed by atoms with Gasteiger partial charge in [0.2, 0.25) is 0 Å². The van der Waals surface area contributed by atoms with Crippen molar-refractivity contribution in [3.63, 3.8) is 0 Å². The van der Waals surface area contributed by atoms with E-state index in [-0.39, 0.29) is 5.71 Å². The Labute approximate surface area is 76.4 Å². The standard InChI is InChI=1S/C9H6N2O2/c10-6-9(11-13-7-12)8-4-2-1-3-5-8/h1-5,7H/i7D. The Bertz CT molecular complexity index is 395. The van der Waals surface area contributed by atoms with Gasteiger partial charge in [-0.1, -0.05) is 35.5 Å². The van der Waals surface area contributed by atoms with E-state index in [2.05, 4.69) is 9.99 Å². The average Bonchev–Trinajstić information content (AvgIpc) is 2.20. The maximum absolute atomic E-state index is 10.1. The minimum Gasteiger partial charge on any atom is -0.320 e. The first-order chi connectivity index (χ1) is 6.74. The third-order valence-electron chi connectivity index (χ3n) is 1.33. The maximum Gasteiger partial charge on any atom is 0.323 e. The molecule has 0 heterocycles. The number of benzene rings is 1. The van der Waals surface area contributed by atoms with Crippen LogP contribution in [0.5, 0.6) is 0 Å². The molecule has 0 aromatic heterocycles. The summed E-state index contributed by atoms with van der Waals surface area (Å²) >= 11 is 0. The van der Waals surface area contributed by atoms with Gasteiger partial charge in [-0.15, -0.1) is 0 Å². The summed E-state index contributed by atoms with van der Waals surface area (Å²) in [5.74, 6) is 0. The van der Waals surface area contributed by atoms with Gasteiger partial charge < -0.3 is 4.84 Å². The number of hydrogen-bond donors (Lipinski definition) is 0. The highest BCUT2D eigenvalue weighted by atomic mass is 16.7. The molecule has 0 atom stereocenters. The Balaban J connectivity index is 2.89. The Morgan fingerprint density at radius 1 is 1.62 bits per heavy atom. The molecule has 0 bridgehead atoms. The molecular weight excluding hydrogens is 168 g/mol. The number of nitriles is 1. The first-order valence-electron chi connectivity index (χ1n) is 3.95. The van der Waals surface area contributed by atoms with Gasteiger partial charge in [-0.3, -0.25) is 4.79 Å². The Morgan fingerprint density at radius 3 is 2.85 bits per heavy atom. The second-order valence-electron chi connectivity index (χ2n) is 2.09. The number of carbonyl (C=O) groups is 1. The summed E-state index contributed by atoms with van der Waals surface area (Å²) in [6.45, 7) is 0. The highest BCUT2D eigenvalue weighted by Gasteiger charge is 2.00. The van der Waals surface area contributed by atoms with Gasteiger partial charge in [0, 0.05) is 5.56 Å². The predicted molar refractivity (Wildman–Crippen MR) is 45.7 cm³/mol. The minimum absolute atomic E-state index is 0.0359. The quantitative estimate of drug-likeness (QED) is 0.292. The molecule has 1 aromatic carbocycles. The van der Waals surface area contributed by atoms with Crippen molar-refractivity contribution < 1.29 is 11.0 Å². The zero-order valence-corrected chi connectivity index (χ0v) is 6.60. The highest BCUT2D eigenvalue weighted by molar-refractivity contribution is 6.11. The summed E-state index contributed by atoms with van der Waals surface area (Å²) in [7, 11) is 0. The molecule has 1 rings (SSSR count). The summed E-state index contributed by atoms with van der Waals surface area (Å²) in [6, 6.07) is 10.3. The normalized spacial score (nSPS) is 11.3. The summed E-state index contributed by atoms with van der Waals surface area (Å²) in [5.41, 5.74) is 0.502. The van der Waals surface area contributed by atoms with E-state index < -0.39 is 6.45 Å². The van der Waals surface area contributed by atoms with E-state index in [1.165, 1.54) is 0 Å². The molecule has 0 aliphatic carbocycles. The lowest BCUT2D eigenvalue weighted by molar-refractivity contribution is -0.128. The van der Waals surface area contributed by atoms with Crippen molar-refractivity contribution in [3.05, 3.63) is 35.9 Å². The SMILES string of the molecule is [2H]C(=O)ON=C(C#N)c1ccccc1. The summed E-state index contributed by atoms with van der Waals surface area (Å²) in [5, 5.41) is 11.9. The summed E-state index contributed by atoms with van der Waals surface area (Å²) < 4.78 is 6.43. The van der Waals surface area contributed by atoms with Crippen LogP contribution in [0.4, 0.5) is 0 Å². The Kier molecular flexibility index (Phi) is 2.69. The van der Waals surface area contributed by atoms with Crippen LogP contribution in [0.25, 0.3) is 0 Å². The molecule has 0 saturated carbocycles. The molecule has 0 aliphatic rings. The topological polar surface area (TPSA) is 62.4 Å². The van der Waals surface area contributed by atoms with E-state index in [9.17, 15) is 4.79 Å². The fourth-order valence-corrected chi connectivity index (χ4v) is 0.798. The molecule has 0 amide bonds. The molecule has 64 valence electrons. The van der Waals surface area contributed by atoms with Crippen LogP contribution < -0.4 is 0 Å². The van der Waals surface area contributed by atoms with Gasteiger partial charge in [-0.05, 0) is 0 Å². The highest BCUT2D eigenvalue weighted by Crippen LogP contribution is 2.00. The number of nitrogens with zero attached hydrogens (tertiary/aromatic N) is 2. The van der Waals surface area contributed by atoms with Crippen molar-refractivity contribution in [1.82, 2.24) is 0 Å². The van der Waals surface area contributed by atoms with Crippen LogP contribution in [0.1, 0.15) is 6.93 Å². The average molecular weight is 175 g/mol.